The summed E-state index contributed by atoms with van der Waals surface area (Å²) in [5, 5.41) is 6.08. The smallest absolute Gasteiger partial charge is 0.328 e. The molecular formula is C19H24N4O5. The molecule has 0 saturated carbocycles. The minimum atomic E-state index is -1.04. The number of H-pyrrole nitrogens is 1. The molecule has 28 heavy (non-hydrogen) atoms. The number of nitrogens with one attached hydrogen (secondary N) is 3. The van der Waals surface area contributed by atoms with Crippen LogP contribution < -0.4 is 16.4 Å². The lowest BCUT2D eigenvalue weighted by Crippen LogP contribution is -2.52. The van der Waals surface area contributed by atoms with Crippen LogP contribution in [0.4, 0.5) is 0 Å². The van der Waals surface area contributed by atoms with Crippen molar-refractivity contribution in [3.05, 3.63) is 36.0 Å². The van der Waals surface area contributed by atoms with Gasteiger partial charge < -0.3 is 26.1 Å². The minimum Gasteiger partial charge on any atom is -0.467 e. The fraction of sp³-hybridized carbons (Fsp3) is 0.368. The number of esters is 1. The van der Waals surface area contributed by atoms with E-state index in [0.717, 1.165) is 16.5 Å². The van der Waals surface area contributed by atoms with Gasteiger partial charge in [0.05, 0.1) is 7.11 Å². The molecule has 0 aliphatic carbocycles. The molecule has 150 valence electrons. The zero-order valence-electron chi connectivity index (χ0n) is 15.8. The summed E-state index contributed by atoms with van der Waals surface area (Å²) in [5.41, 5.74) is 6.87. The second kappa shape index (κ2) is 9.54. The van der Waals surface area contributed by atoms with Gasteiger partial charge in [0, 0.05) is 36.9 Å². The third kappa shape index (κ3) is 5.57. The van der Waals surface area contributed by atoms with Crippen LogP contribution in [0.1, 0.15) is 25.3 Å². The Labute approximate surface area is 162 Å². The molecule has 2 atom stereocenters. The molecule has 0 radical (unpaired) electrons. The molecule has 0 bridgehead atoms. The SMILES string of the molecule is COC(=O)[C@H](CCC(N)=O)NC(=O)[C@H](Cc1c[nH]c2ccccc12)NC(C)=O. The maximum absolute atomic E-state index is 12.8. The zero-order chi connectivity index (χ0) is 20.7. The van der Waals surface area contributed by atoms with E-state index in [0.29, 0.717) is 0 Å². The number of rotatable bonds is 9. The number of aromatic nitrogens is 1. The standard InChI is InChI=1S/C19H24N4O5/c1-11(24)22-16(9-12-10-21-14-6-4-3-5-13(12)14)18(26)23-15(19(27)28-2)7-8-17(20)25/h3-6,10,15-16,21H,7-9H2,1-2H3,(H2,20,25)(H,22,24)(H,23,26)/t15-,16-/m0/s1. The third-order valence-electron chi connectivity index (χ3n) is 4.27. The summed E-state index contributed by atoms with van der Waals surface area (Å²) in [6.45, 7) is 1.31. The van der Waals surface area contributed by atoms with Gasteiger partial charge in [-0.3, -0.25) is 14.4 Å². The maximum atomic E-state index is 12.8. The molecular weight excluding hydrogens is 364 g/mol. The summed E-state index contributed by atoms with van der Waals surface area (Å²) in [4.78, 5) is 50.4. The number of ether oxygens (including phenoxy) is 1. The van der Waals surface area contributed by atoms with Gasteiger partial charge >= 0.3 is 5.97 Å². The predicted molar refractivity (Wildman–Crippen MR) is 102 cm³/mol. The molecule has 0 unspecified atom stereocenters. The second-order valence-electron chi connectivity index (χ2n) is 6.41. The Morgan fingerprint density at radius 2 is 1.86 bits per heavy atom. The van der Waals surface area contributed by atoms with Crippen LogP contribution in [0.3, 0.4) is 0 Å². The summed E-state index contributed by atoms with van der Waals surface area (Å²) in [5.74, 6) is -2.23. The Hall–Kier alpha value is -3.36. The van der Waals surface area contributed by atoms with Crippen LogP contribution in [0.5, 0.6) is 0 Å². The molecule has 1 aromatic carbocycles. The van der Waals surface area contributed by atoms with Gasteiger partial charge in [-0.05, 0) is 18.1 Å². The van der Waals surface area contributed by atoms with Crippen LogP contribution in [0, 0.1) is 0 Å². The quantitative estimate of drug-likeness (QED) is 0.452. The van der Waals surface area contributed by atoms with Crippen molar-refractivity contribution < 1.29 is 23.9 Å². The van der Waals surface area contributed by atoms with Gasteiger partial charge in [-0.25, -0.2) is 4.79 Å². The van der Waals surface area contributed by atoms with E-state index in [4.69, 9.17) is 5.73 Å². The lowest BCUT2D eigenvalue weighted by Gasteiger charge is -2.21. The number of fused-ring (bicyclic) bond motifs is 1. The molecule has 0 aliphatic heterocycles. The van der Waals surface area contributed by atoms with Crippen molar-refractivity contribution in [1.82, 2.24) is 15.6 Å². The van der Waals surface area contributed by atoms with Crippen molar-refractivity contribution in [2.24, 2.45) is 5.73 Å². The highest BCUT2D eigenvalue weighted by Crippen LogP contribution is 2.19. The van der Waals surface area contributed by atoms with Gasteiger partial charge in [-0.2, -0.15) is 0 Å². The summed E-state index contributed by atoms with van der Waals surface area (Å²) >= 11 is 0. The number of hydrogen-bond acceptors (Lipinski definition) is 5. The average molecular weight is 388 g/mol. The Bertz CT molecular complexity index is 876. The number of hydrogen-bond donors (Lipinski definition) is 4. The van der Waals surface area contributed by atoms with Gasteiger partial charge in [0.2, 0.25) is 17.7 Å². The summed E-state index contributed by atoms with van der Waals surface area (Å²) in [7, 11) is 1.18. The number of aromatic amines is 1. The van der Waals surface area contributed by atoms with Crippen molar-refractivity contribution >= 4 is 34.6 Å². The van der Waals surface area contributed by atoms with E-state index in [2.05, 4.69) is 20.4 Å². The fourth-order valence-electron chi connectivity index (χ4n) is 2.93. The van der Waals surface area contributed by atoms with Crippen molar-refractivity contribution in [1.29, 1.82) is 0 Å². The number of nitrogens with two attached hydrogens (primary N) is 1. The lowest BCUT2D eigenvalue weighted by atomic mass is 10.0. The Morgan fingerprint density at radius 3 is 2.50 bits per heavy atom. The van der Waals surface area contributed by atoms with Crippen molar-refractivity contribution in [3.8, 4) is 0 Å². The molecule has 0 spiro atoms. The molecule has 1 aromatic heterocycles. The highest BCUT2D eigenvalue weighted by atomic mass is 16.5. The average Bonchev–Trinajstić information content (AvgIpc) is 3.06. The van der Waals surface area contributed by atoms with Gasteiger partial charge in [-0.15, -0.1) is 0 Å². The highest BCUT2D eigenvalue weighted by Gasteiger charge is 2.27. The number of carbonyl (C=O) groups is 4. The van der Waals surface area contributed by atoms with E-state index in [9.17, 15) is 19.2 Å². The molecule has 2 rings (SSSR count). The van der Waals surface area contributed by atoms with Gasteiger partial charge in [0.15, 0.2) is 0 Å². The summed E-state index contributed by atoms with van der Waals surface area (Å²) in [6.07, 6.45) is 1.91. The van der Waals surface area contributed by atoms with Crippen LogP contribution in [0.2, 0.25) is 0 Å². The Morgan fingerprint density at radius 1 is 1.14 bits per heavy atom. The van der Waals surface area contributed by atoms with E-state index in [1.807, 2.05) is 24.3 Å². The first-order chi connectivity index (χ1) is 13.3. The Balaban J connectivity index is 2.18. The topological polar surface area (TPSA) is 143 Å². The zero-order valence-corrected chi connectivity index (χ0v) is 15.8. The minimum absolute atomic E-state index is 0.00756. The van der Waals surface area contributed by atoms with Gasteiger partial charge in [0.25, 0.3) is 0 Å². The number of carbonyl (C=O) groups excluding carboxylic acids is 4. The summed E-state index contributed by atoms with van der Waals surface area (Å²) < 4.78 is 4.67. The van der Waals surface area contributed by atoms with Crippen molar-refractivity contribution in [2.45, 2.75) is 38.3 Å². The van der Waals surface area contributed by atoms with E-state index in [-0.39, 0.29) is 25.2 Å². The molecule has 2 aromatic rings. The molecule has 3 amide bonds. The van der Waals surface area contributed by atoms with E-state index in [1.165, 1.54) is 14.0 Å². The van der Waals surface area contributed by atoms with Gasteiger partial charge in [-0.1, -0.05) is 18.2 Å². The van der Waals surface area contributed by atoms with E-state index < -0.39 is 29.9 Å². The number of para-hydroxylation sites is 1. The molecule has 5 N–H and O–H groups in total. The molecule has 9 nitrogen and oxygen atoms in total. The fourth-order valence-corrected chi connectivity index (χ4v) is 2.93. The molecule has 9 heteroatoms. The first-order valence-electron chi connectivity index (χ1n) is 8.80. The number of amides is 3. The number of benzene rings is 1. The number of methoxy groups -OCH3 is 1. The normalized spacial score (nSPS) is 12.8. The predicted octanol–water partition coefficient (Wildman–Crippen LogP) is 0.138. The number of primary amides is 1. The van der Waals surface area contributed by atoms with Crippen LogP contribution in [0.25, 0.3) is 10.9 Å². The lowest BCUT2D eigenvalue weighted by molar-refractivity contribution is -0.145. The summed E-state index contributed by atoms with van der Waals surface area (Å²) in [6, 6.07) is 5.64. The Kier molecular flexibility index (Phi) is 7.14. The third-order valence-corrected chi connectivity index (χ3v) is 4.27. The molecule has 0 fully saturated rings. The second-order valence-corrected chi connectivity index (χ2v) is 6.41. The van der Waals surface area contributed by atoms with Crippen LogP contribution in [-0.2, 0) is 30.3 Å². The first-order valence-corrected chi connectivity index (χ1v) is 8.80. The molecule has 1 heterocycles. The van der Waals surface area contributed by atoms with Crippen LogP contribution in [-0.4, -0.2) is 47.9 Å². The van der Waals surface area contributed by atoms with Crippen LogP contribution >= 0.6 is 0 Å². The van der Waals surface area contributed by atoms with Gasteiger partial charge in [0.1, 0.15) is 12.1 Å². The largest absolute Gasteiger partial charge is 0.467 e. The molecule has 0 aliphatic rings. The van der Waals surface area contributed by atoms with E-state index in [1.54, 1.807) is 6.20 Å². The first kappa shape index (κ1) is 20.9. The van der Waals surface area contributed by atoms with Crippen molar-refractivity contribution in [2.75, 3.05) is 7.11 Å². The highest BCUT2D eigenvalue weighted by molar-refractivity contribution is 5.91. The monoisotopic (exact) mass is 388 g/mol. The molecule has 0 saturated heterocycles. The van der Waals surface area contributed by atoms with E-state index >= 15 is 0 Å². The van der Waals surface area contributed by atoms with Crippen LogP contribution in [0.15, 0.2) is 30.5 Å². The maximum Gasteiger partial charge on any atom is 0.328 e. The van der Waals surface area contributed by atoms with Crippen molar-refractivity contribution in [3.63, 3.8) is 0 Å².